The second-order valence-corrected chi connectivity index (χ2v) is 8.42. The van der Waals surface area contributed by atoms with Gasteiger partial charge in [0.25, 0.3) is 5.92 Å². The van der Waals surface area contributed by atoms with Crippen LogP contribution in [0.3, 0.4) is 0 Å². The standard InChI is InChI=1S/C26H31F3/c1-3-4-5-6-20-9-11-22(12-10-20)23-13-15-24(16-14-23)26(28,29)18-21-8-7-19(2)25(27)17-21/h3-4,7-12,17,23-24H,5-6,13-16,18H2,1-2H3/b4-3+. The summed E-state index contributed by atoms with van der Waals surface area (Å²) in [7, 11) is 0. The van der Waals surface area contributed by atoms with E-state index in [9.17, 15) is 13.2 Å². The minimum absolute atomic E-state index is 0.364. The summed E-state index contributed by atoms with van der Waals surface area (Å²) in [4.78, 5) is 0. The molecule has 0 unspecified atom stereocenters. The van der Waals surface area contributed by atoms with E-state index >= 15 is 0 Å². The average Bonchev–Trinajstić information content (AvgIpc) is 2.71. The zero-order valence-corrected chi connectivity index (χ0v) is 17.4. The van der Waals surface area contributed by atoms with Gasteiger partial charge in [-0.1, -0.05) is 48.6 Å². The minimum atomic E-state index is -2.79. The predicted octanol–water partition coefficient (Wildman–Crippen LogP) is 7.79. The molecule has 3 heteroatoms. The molecule has 1 aliphatic rings. The third-order valence-corrected chi connectivity index (χ3v) is 6.29. The first-order valence-corrected chi connectivity index (χ1v) is 10.7. The Morgan fingerprint density at radius 2 is 1.62 bits per heavy atom. The quantitative estimate of drug-likeness (QED) is 0.416. The van der Waals surface area contributed by atoms with Gasteiger partial charge in [0.05, 0.1) is 0 Å². The summed E-state index contributed by atoms with van der Waals surface area (Å²) in [5.74, 6) is -3.45. The smallest absolute Gasteiger partial charge is 0.207 e. The molecule has 1 saturated carbocycles. The maximum absolute atomic E-state index is 14.8. The molecule has 0 radical (unpaired) electrons. The Bertz CT molecular complexity index is 812. The summed E-state index contributed by atoms with van der Waals surface area (Å²) in [5.41, 5.74) is 3.46. The molecule has 0 N–H and O–H groups in total. The lowest BCUT2D eigenvalue weighted by Crippen LogP contribution is -2.33. The molecule has 156 valence electrons. The van der Waals surface area contributed by atoms with E-state index in [1.807, 2.05) is 6.92 Å². The topological polar surface area (TPSA) is 0 Å². The highest BCUT2D eigenvalue weighted by Gasteiger charge is 2.41. The fraction of sp³-hybridized carbons (Fsp3) is 0.462. The second kappa shape index (κ2) is 9.65. The Balaban J connectivity index is 1.55. The average molecular weight is 401 g/mol. The van der Waals surface area contributed by atoms with E-state index in [1.165, 1.54) is 17.2 Å². The Kier molecular flexibility index (Phi) is 7.21. The Morgan fingerprint density at radius 3 is 2.24 bits per heavy atom. The van der Waals surface area contributed by atoms with Crippen molar-refractivity contribution in [3.05, 3.63) is 82.7 Å². The van der Waals surface area contributed by atoms with E-state index in [2.05, 4.69) is 36.4 Å². The molecule has 0 aliphatic heterocycles. The van der Waals surface area contributed by atoms with Crippen LogP contribution in [0.25, 0.3) is 0 Å². The van der Waals surface area contributed by atoms with Crippen molar-refractivity contribution in [2.24, 2.45) is 5.92 Å². The van der Waals surface area contributed by atoms with E-state index < -0.39 is 17.7 Å². The van der Waals surface area contributed by atoms with Crippen LogP contribution in [0.2, 0.25) is 0 Å². The molecular weight excluding hydrogens is 369 g/mol. The second-order valence-electron chi connectivity index (χ2n) is 8.42. The zero-order chi connectivity index (χ0) is 20.9. The van der Waals surface area contributed by atoms with E-state index in [0.29, 0.717) is 29.9 Å². The van der Waals surface area contributed by atoms with Gasteiger partial charge >= 0.3 is 0 Å². The van der Waals surface area contributed by atoms with Crippen LogP contribution < -0.4 is 0 Å². The maximum atomic E-state index is 14.8. The zero-order valence-electron chi connectivity index (χ0n) is 17.4. The number of hydrogen-bond donors (Lipinski definition) is 0. The first-order chi connectivity index (χ1) is 13.9. The highest BCUT2D eigenvalue weighted by atomic mass is 19.3. The lowest BCUT2D eigenvalue weighted by molar-refractivity contribution is -0.0715. The van der Waals surface area contributed by atoms with Crippen LogP contribution in [0.15, 0.2) is 54.6 Å². The van der Waals surface area contributed by atoms with Gasteiger partial charge in [-0.25, -0.2) is 13.2 Å². The normalized spacial score (nSPS) is 20.3. The number of rotatable bonds is 7. The Labute approximate surface area is 172 Å². The van der Waals surface area contributed by atoms with Crippen molar-refractivity contribution in [1.82, 2.24) is 0 Å². The molecule has 0 saturated heterocycles. The van der Waals surface area contributed by atoms with Crippen molar-refractivity contribution in [3.8, 4) is 0 Å². The summed E-state index contributed by atoms with van der Waals surface area (Å²) >= 11 is 0. The Hall–Kier alpha value is -2.03. The first kappa shape index (κ1) is 21.7. The van der Waals surface area contributed by atoms with Crippen molar-refractivity contribution < 1.29 is 13.2 Å². The van der Waals surface area contributed by atoms with Crippen LogP contribution in [0.5, 0.6) is 0 Å². The molecule has 1 aliphatic carbocycles. The lowest BCUT2D eigenvalue weighted by Gasteiger charge is -2.34. The van der Waals surface area contributed by atoms with Crippen LogP contribution in [0, 0.1) is 18.7 Å². The van der Waals surface area contributed by atoms with E-state index in [0.717, 1.165) is 25.7 Å². The van der Waals surface area contributed by atoms with Crippen molar-refractivity contribution in [2.75, 3.05) is 0 Å². The van der Waals surface area contributed by atoms with Gasteiger partial charge in [0.2, 0.25) is 0 Å². The number of hydrogen-bond acceptors (Lipinski definition) is 0. The first-order valence-electron chi connectivity index (χ1n) is 10.7. The molecule has 2 aromatic rings. The molecule has 2 aromatic carbocycles. The summed E-state index contributed by atoms with van der Waals surface area (Å²) in [5, 5.41) is 0. The van der Waals surface area contributed by atoms with Crippen molar-refractivity contribution in [3.63, 3.8) is 0 Å². The lowest BCUT2D eigenvalue weighted by atomic mass is 9.75. The molecule has 1 fully saturated rings. The summed E-state index contributed by atoms with van der Waals surface area (Å²) in [6.45, 7) is 3.68. The van der Waals surface area contributed by atoms with Crippen LogP contribution in [0.4, 0.5) is 13.2 Å². The SMILES string of the molecule is C/C=C/CCc1ccc(C2CCC(C(F)(F)Cc3ccc(C)c(F)c3)CC2)cc1. The minimum Gasteiger partial charge on any atom is -0.207 e. The fourth-order valence-corrected chi connectivity index (χ4v) is 4.39. The highest BCUT2D eigenvalue weighted by molar-refractivity contribution is 5.27. The van der Waals surface area contributed by atoms with Crippen LogP contribution in [-0.2, 0) is 12.8 Å². The summed E-state index contributed by atoms with van der Waals surface area (Å²) in [6, 6.07) is 13.1. The number of aryl methyl sites for hydroxylation is 2. The van der Waals surface area contributed by atoms with Gasteiger partial charge in [-0.15, -0.1) is 0 Å². The molecule has 0 amide bonds. The van der Waals surface area contributed by atoms with Crippen LogP contribution >= 0.6 is 0 Å². The molecule has 0 aromatic heterocycles. The molecule has 0 spiro atoms. The van der Waals surface area contributed by atoms with Crippen molar-refractivity contribution >= 4 is 0 Å². The summed E-state index contributed by atoms with van der Waals surface area (Å²) in [6.07, 6.45) is 8.56. The fourth-order valence-electron chi connectivity index (χ4n) is 4.39. The van der Waals surface area contributed by atoms with E-state index in [-0.39, 0.29) is 6.42 Å². The predicted molar refractivity (Wildman–Crippen MR) is 114 cm³/mol. The molecule has 3 rings (SSSR count). The van der Waals surface area contributed by atoms with E-state index in [4.69, 9.17) is 0 Å². The highest BCUT2D eigenvalue weighted by Crippen LogP contribution is 2.43. The largest absolute Gasteiger partial charge is 0.254 e. The molecular formula is C26H31F3. The third kappa shape index (κ3) is 5.74. The van der Waals surface area contributed by atoms with Crippen molar-refractivity contribution in [2.45, 2.75) is 70.6 Å². The maximum Gasteiger partial charge on any atom is 0.254 e. The van der Waals surface area contributed by atoms with Gasteiger partial charge in [-0.2, -0.15) is 0 Å². The number of halogens is 3. The summed E-state index contributed by atoms with van der Waals surface area (Å²) < 4.78 is 43.4. The van der Waals surface area contributed by atoms with Crippen LogP contribution in [-0.4, -0.2) is 5.92 Å². The molecule has 29 heavy (non-hydrogen) atoms. The Morgan fingerprint density at radius 1 is 0.966 bits per heavy atom. The van der Waals surface area contributed by atoms with Gasteiger partial charge in [-0.3, -0.25) is 0 Å². The van der Waals surface area contributed by atoms with Gasteiger partial charge in [-0.05, 0) is 86.6 Å². The molecule has 0 heterocycles. The molecule has 0 bridgehead atoms. The number of allylic oxidation sites excluding steroid dienone is 2. The van der Waals surface area contributed by atoms with Gasteiger partial charge in [0, 0.05) is 12.3 Å². The van der Waals surface area contributed by atoms with Crippen LogP contribution in [0.1, 0.15) is 67.2 Å². The van der Waals surface area contributed by atoms with Gasteiger partial charge in [0.1, 0.15) is 5.82 Å². The van der Waals surface area contributed by atoms with Gasteiger partial charge < -0.3 is 0 Å². The molecule has 0 nitrogen and oxygen atoms in total. The van der Waals surface area contributed by atoms with Crippen molar-refractivity contribution in [1.29, 1.82) is 0 Å². The monoisotopic (exact) mass is 400 g/mol. The number of alkyl halides is 2. The van der Waals surface area contributed by atoms with Gasteiger partial charge in [0.15, 0.2) is 0 Å². The third-order valence-electron chi connectivity index (χ3n) is 6.29. The molecule has 0 atom stereocenters. The number of benzene rings is 2. The van der Waals surface area contributed by atoms with E-state index in [1.54, 1.807) is 19.1 Å².